The molecule has 1 saturated carbocycles. The molecule has 0 aliphatic heterocycles. The van der Waals surface area contributed by atoms with Gasteiger partial charge in [-0.2, -0.15) is 0 Å². The maximum Gasteiger partial charge on any atom is 0.309 e. The molecule has 7 nitrogen and oxygen atoms in total. The van der Waals surface area contributed by atoms with E-state index in [0.29, 0.717) is 11.3 Å². The minimum Gasteiger partial charge on any atom is -0.455 e. The number of carbonyl (C=O) groups excluding carboxylic acids is 2. The Kier molecular flexibility index (Phi) is 4.52. The third-order valence-corrected chi connectivity index (χ3v) is 3.48. The molecule has 1 aliphatic carbocycles. The predicted molar refractivity (Wildman–Crippen MR) is 74.8 cm³/mol. The monoisotopic (exact) mass is 292 g/mol. The first kappa shape index (κ1) is 15.0. The van der Waals surface area contributed by atoms with Crippen molar-refractivity contribution in [1.29, 1.82) is 0 Å². The van der Waals surface area contributed by atoms with Crippen LogP contribution in [0.25, 0.3) is 0 Å². The fourth-order valence-electron chi connectivity index (χ4n) is 1.99. The van der Waals surface area contributed by atoms with E-state index in [9.17, 15) is 19.7 Å². The van der Waals surface area contributed by atoms with E-state index in [1.54, 1.807) is 6.92 Å². The Labute approximate surface area is 121 Å². The molecule has 0 bridgehead atoms. The Morgan fingerprint density at radius 2 is 2.14 bits per heavy atom. The van der Waals surface area contributed by atoms with Crippen LogP contribution < -0.4 is 5.32 Å². The first-order valence-corrected chi connectivity index (χ1v) is 6.69. The summed E-state index contributed by atoms with van der Waals surface area (Å²) in [5.74, 6) is -0.865. The second-order valence-corrected chi connectivity index (χ2v) is 5.04. The number of nitro groups is 1. The van der Waals surface area contributed by atoms with Crippen molar-refractivity contribution in [2.75, 3.05) is 11.9 Å². The molecule has 21 heavy (non-hydrogen) atoms. The van der Waals surface area contributed by atoms with Gasteiger partial charge >= 0.3 is 5.97 Å². The van der Waals surface area contributed by atoms with Crippen LogP contribution in [0, 0.1) is 23.0 Å². The van der Waals surface area contributed by atoms with E-state index in [1.165, 1.54) is 18.2 Å². The molecule has 0 unspecified atom stereocenters. The fourth-order valence-corrected chi connectivity index (χ4v) is 1.99. The Morgan fingerprint density at radius 1 is 1.43 bits per heavy atom. The topological polar surface area (TPSA) is 98.5 Å². The molecular weight excluding hydrogens is 276 g/mol. The van der Waals surface area contributed by atoms with Crippen molar-refractivity contribution in [3.05, 3.63) is 33.9 Å². The summed E-state index contributed by atoms with van der Waals surface area (Å²) in [6.07, 6.45) is 2.66. The third-order valence-electron chi connectivity index (χ3n) is 3.48. The number of anilines is 1. The second-order valence-electron chi connectivity index (χ2n) is 5.04. The standard InChI is InChI=1S/C14H16N2O5/c1-9-7-11(16(19)20)5-6-12(9)15-13(17)8-21-14(18)10-3-2-4-10/h5-7,10H,2-4,8H2,1H3,(H,15,17). The van der Waals surface area contributed by atoms with Gasteiger partial charge in [0.05, 0.1) is 10.8 Å². The van der Waals surface area contributed by atoms with Crippen LogP contribution in [0.1, 0.15) is 24.8 Å². The normalized spacial score (nSPS) is 14.1. The van der Waals surface area contributed by atoms with Gasteiger partial charge < -0.3 is 10.1 Å². The van der Waals surface area contributed by atoms with Gasteiger partial charge in [-0.05, 0) is 31.4 Å². The van der Waals surface area contributed by atoms with Crippen molar-refractivity contribution in [3.8, 4) is 0 Å². The number of aryl methyl sites for hydroxylation is 1. The fraction of sp³-hybridized carbons (Fsp3) is 0.429. The van der Waals surface area contributed by atoms with Crippen molar-refractivity contribution in [2.24, 2.45) is 5.92 Å². The van der Waals surface area contributed by atoms with Crippen molar-refractivity contribution in [3.63, 3.8) is 0 Å². The number of esters is 1. The van der Waals surface area contributed by atoms with Gasteiger partial charge in [0.1, 0.15) is 0 Å². The van der Waals surface area contributed by atoms with Crippen molar-refractivity contribution in [1.82, 2.24) is 0 Å². The van der Waals surface area contributed by atoms with E-state index < -0.39 is 10.8 Å². The van der Waals surface area contributed by atoms with Gasteiger partial charge in [0, 0.05) is 17.8 Å². The summed E-state index contributed by atoms with van der Waals surface area (Å²) in [6.45, 7) is 1.31. The Morgan fingerprint density at radius 3 is 2.67 bits per heavy atom. The molecule has 1 aromatic carbocycles. The van der Waals surface area contributed by atoms with Crippen LogP contribution in [0.5, 0.6) is 0 Å². The van der Waals surface area contributed by atoms with E-state index in [4.69, 9.17) is 4.74 Å². The van der Waals surface area contributed by atoms with Gasteiger partial charge in [0.2, 0.25) is 0 Å². The number of ether oxygens (including phenoxy) is 1. The van der Waals surface area contributed by atoms with E-state index >= 15 is 0 Å². The van der Waals surface area contributed by atoms with Crippen LogP contribution in [-0.4, -0.2) is 23.4 Å². The molecule has 0 heterocycles. The summed E-state index contributed by atoms with van der Waals surface area (Å²) in [4.78, 5) is 33.3. The third kappa shape index (κ3) is 3.77. The average Bonchev–Trinajstić information content (AvgIpc) is 2.36. The largest absolute Gasteiger partial charge is 0.455 e. The van der Waals surface area contributed by atoms with E-state index in [0.717, 1.165) is 19.3 Å². The zero-order valence-corrected chi connectivity index (χ0v) is 11.6. The lowest BCUT2D eigenvalue weighted by Crippen LogP contribution is -2.28. The lowest BCUT2D eigenvalue weighted by atomic mass is 9.86. The molecule has 0 radical (unpaired) electrons. The Balaban J connectivity index is 1.87. The highest BCUT2D eigenvalue weighted by molar-refractivity contribution is 5.93. The number of amides is 1. The highest BCUT2D eigenvalue weighted by atomic mass is 16.6. The quantitative estimate of drug-likeness (QED) is 0.509. The van der Waals surface area contributed by atoms with Crippen molar-refractivity contribution in [2.45, 2.75) is 26.2 Å². The zero-order valence-electron chi connectivity index (χ0n) is 11.6. The number of non-ortho nitro benzene ring substituents is 1. The highest BCUT2D eigenvalue weighted by Gasteiger charge is 2.27. The molecule has 0 saturated heterocycles. The number of nitro benzene ring substituents is 1. The summed E-state index contributed by atoms with van der Waals surface area (Å²) in [7, 11) is 0. The number of nitrogens with zero attached hydrogens (tertiary/aromatic N) is 1. The molecule has 1 fully saturated rings. The van der Waals surface area contributed by atoms with Crippen LogP contribution in [0.2, 0.25) is 0 Å². The molecule has 1 aliphatic rings. The summed E-state index contributed by atoms with van der Waals surface area (Å²) < 4.78 is 4.92. The van der Waals surface area contributed by atoms with Gasteiger partial charge in [-0.15, -0.1) is 0 Å². The molecule has 112 valence electrons. The summed E-state index contributed by atoms with van der Waals surface area (Å²) in [5, 5.41) is 13.2. The number of benzene rings is 1. The van der Waals surface area contributed by atoms with Gasteiger partial charge in [-0.3, -0.25) is 19.7 Å². The molecule has 0 spiro atoms. The minimum absolute atomic E-state index is 0.0399. The lowest BCUT2D eigenvalue weighted by Gasteiger charge is -2.22. The number of hydrogen-bond donors (Lipinski definition) is 1. The average molecular weight is 292 g/mol. The van der Waals surface area contributed by atoms with Crippen LogP contribution in [0.3, 0.4) is 0 Å². The van der Waals surface area contributed by atoms with Crippen LogP contribution in [-0.2, 0) is 14.3 Å². The smallest absolute Gasteiger partial charge is 0.309 e. The second kappa shape index (κ2) is 6.34. The molecule has 1 aromatic rings. The molecule has 2 rings (SSSR count). The van der Waals surface area contributed by atoms with Gasteiger partial charge in [0.25, 0.3) is 11.6 Å². The zero-order chi connectivity index (χ0) is 15.4. The number of carbonyl (C=O) groups is 2. The molecule has 1 N–H and O–H groups in total. The summed E-state index contributed by atoms with van der Waals surface area (Å²) in [6, 6.07) is 4.14. The van der Waals surface area contributed by atoms with E-state index in [2.05, 4.69) is 5.32 Å². The van der Waals surface area contributed by atoms with Crippen molar-refractivity contribution >= 4 is 23.3 Å². The number of nitrogens with one attached hydrogen (secondary N) is 1. The van der Waals surface area contributed by atoms with Crippen LogP contribution >= 0.6 is 0 Å². The molecule has 1 amide bonds. The van der Waals surface area contributed by atoms with Crippen LogP contribution in [0.15, 0.2) is 18.2 Å². The first-order chi connectivity index (χ1) is 9.97. The van der Waals surface area contributed by atoms with Gasteiger partial charge in [-0.25, -0.2) is 0 Å². The maximum absolute atomic E-state index is 11.7. The van der Waals surface area contributed by atoms with E-state index in [1.807, 2.05) is 0 Å². The lowest BCUT2D eigenvalue weighted by molar-refractivity contribution is -0.384. The number of hydrogen-bond acceptors (Lipinski definition) is 5. The van der Waals surface area contributed by atoms with Crippen molar-refractivity contribution < 1.29 is 19.2 Å². The maximum atomic E-state index is 11.7. The van der Waals surface area contributed by atoms with Gasteiger partial charge in [0.15, 0.2) is 6.61 Å². The minimum atomic E-state index is -0.501. The first-order valence-electron chi connectivity index (χ1n) is 6.69. The van der Waals surface area contributed by atoms with Crippen LogP contribution in [0.4, 0.5) is 11.4 Å². The summed E-state index contributed by atoms with van der Waals surface area (Å²) in [5.41, 5.74) is 0.995. The molecule has 0 atom stereocenters. The highest BCUT2D eigenvalue weighted by Crippen LogP contribution is 2.27. The predicted octanol–water partition coefficient (Wildman–Crippen LogP) is 2.19. The molecule has 0 aromatic heterocycles. The Bertz CT molecular complexity index is 581. The van der Waals surface area contributed by atoms with E-state index in [-0.39, 0.29) is 24.2 Å². The Hall–Kier alpha value is -2.44. The molecule has 7 heteroatoms. The summed E-state index contributed by atoms with van der Waals surface area (Å²) >= 11 is 0. The number of rotatable bonds is 5. The SMILES string of the molecule is Cc1cc([N+](=O)[O-])ccc1NC(=O)COC(=O)C1CCC1. The van der Waals surface area contributed by atoms with Gasteiger partial charge in [-0.1, -0.05) is 6.42 Å². The molecular formula is C14H16N2O5.